The lowest BCUT2D eigenvalue weighted by Crippen LogP contribution is -2.06. The number of hydrogen-bond acceptors (Lipinski definition) is 3. The molecule has 0 aromatic carbocycles. The first-order chi connectivity index (χ1) is 6.22. The third kappa shape index (κ3) is 3.42. The third-order valence-electron chi connectivity index (χ3n) is 1.38. The summed E-state index contributed by atoms with van der Waals surface area (Å²) in [5.41, 5.74) is 0. The maximum atomic E-state index is 11.0. The first kappa shape index (κ1) is 9.99. The fourth-order valence-corrected chi connectivity index (χ4v) is 0.999. The van der Waals surface area contributed by atoms with E-state index in [1.165, 1.54) is 12.3 Å². The Morgan fingerprint density at radius 3 is 3.08 bits per heavy atom. The van der Waals surface area contributed by atoms with Crippen LogP contribution in [0.2, 0.25) is 5.15 Å². The van der Waals surface area contributed by atoms with Gasteiger partial charge in [0, 0.05) is 18.7 Å². The van der Waals surface area contributed by atoms with Gasteiger partial charge in [-0.05, 0) is 12.5 Å². The van der Waals surface area contributed by atoms with E-state index >= 15 is 0 Å². The predicted octanol–water partition coefficient (Wildman–Crippen LogP) is 2.44. The van der Waals surface area contributed by atoms with E-state index in [0.29, 0.717) is 17.3 Å². The van der Waals surface area contributed by atoms with E-state index in [0.717, 1.165) is 6.42 Å². The van der Waals surface area contributed by atoms with E-state index in [2.05, 4.69) is 4.98 Å². The molecule has 0 aliphatic carbocycles. The predicted molar refractivity (Wildman–Crippen MR) is 49.8 cm³/mol. The van der Waals surface area contributed by atoms with Crippen molar-refractivity contribution in [3.8, 4) is 5.75 Å². The molecule has 3 nitrogen and oxygen atoms in total. The zero-order valence-electron chi connectivity index (χ0n) is 7.29. The Hall–Kier alpha value is -1.09. The van der Waals surface area contributed by atoms with Crippen LogP contribution in [0.1, 0.15) is 19.8 Å². The summed E-state index contributed by atoms with van der Waals surface area (Å²) in [6.07, 6.45) is 2.69. The van der Waals surface area contributed by atoms with E-state index in [1.807, 2.05) is 6.92 Å². The van der Waals surface area contributed by atoms with E-state index in [1.54, 1.807) is 6.07 Å². The van der Waals surface area contributed by atoms with Crippen molar-refractivity contribution in [2.45, 2.75) is 19.8 Å². The van der Waals surface area contributed by atoms with Crippen molar-refractivity contribution in [1.29, 1.82) is 0 Å². The molecular weight excluding hydrogens is 190 g/mol. The summed E-state index contributed by atoms with van der Waals surface area (Å²) in [4.78, 5) is 14.8. The van der Waals surface area contributed by atoms with Gasteiger partial charge in [0.15, 0.2) is 0 Å². The zero-order valence-corrected chi connectivity index (χ0v) is 8.04. The van der Waals surface area contributed by atoms with Crippen molar-refractivity contribution >= 4 is 17.6 Å². The number of carbonyl (C=O) groups excluding carboxylic acids is 1. The highest BCUT2D eigenvalue weighted by molar-refractivity contribution is 6.29. The summed E-state index contributed by atoms with van der Waals surface area (Å²) < 4.78 is 4.97. The molecule has 0 N–H and O–H groups in total. The van der Waals surface area contributed by atoms with Gasteiger partial charge in [-0.2, -0.15) is 0 Å². The molecule has 0 aliphatic rings. The molecule has 1 aromatic rings. The minimum absolute atomic E-state index is 0.246. The lowest BCUT2D eigenvalue weighted by molar-refractivity contribution is -0.134. The number of ether oxygens (including phenoxy) is 1. The van der Waals surface area contributed by atoms with Crippen LogP contribution >= 0.6 is 11.6 Å². The van der Waals surface area contributed by atoms with Gasteiger partial charge in [0.25, 0.3) is 0 Å². The lowest BCUT2D eigenvalue weighted by Gasteiger charge is -2.02. The van der Waals surface area contributed by atoms with E-state index < -0.39 is 0 Å². The summed E-state index contributed by atoms with van der Waals surface area (Å²) in [5.74, 6) is 0.197. The highest BCUT2D eigenvalue weighted by Crippen LogP contribution is 2.14. The fourth-order valence-electron chi connectivity index (χ4n) is 0.835. The second-order valence-corrected chi connectivity index (χ2v) is 2.93. The molecule has 4 heteroatoms. The molecule has 0 amide bonds. The van der Waals surface area contributed by atoms with Gasteiger partial charge in [-0.25, -0.2) is 4.98 Å². The van der Waals surface area contributed by atoms with Crippen LogP contribution in [-0.2, 0) is 4.79 Å². The standard InChI is InChI=1S/C9H10ClNO2/c1-2-3-9(12)13-7-4-5-11-8(10)6-7/h4-6H,2-3H2,1H3. The minimum atomic E-state index is -0.246. The highest BCUT2D eigenvalue weighted by Gasteiger charge is 2.03. The number of hydrogen-bond donors (Lipinski definition) is 0. The van der Waals surface area contributed by atoms with Gasteiger partial charge < -0.3 is 4.74 Å². The first-order valence-corrected chi connectivity index (χ1v) is 4.42. The van der Waals surface area contributed by atoms with E-state index in [4.69, 9.17) is 16.3 Å². The maximum Gasteiger partial charge on any atom is 0.311 e. The number of halogens is 1. The molecule has 0 aliphatic heterocycles. The summed E-state index contributed by atoms with van der Waals surface area (Å²) in [5, 5.41) is 0.321. The Kier molecular flexibility index (Phi) is 3.71. The van der Waals surface area contributed by atoms with Gasteiger partial charge in [-0.1, -0.05) is 18.5 Å². The quantitative estimate of drug-likeness (QED) is 0.555. The summed E-state index contributed by atoms with van der Waals surface area (Å²) in [6, 6.07) is 3.11. The van der Waals surface area contributed by atoms with Crippen LogP contribution in [0.25, 0.3) is 0 Å². The molecule has 0 radical (unpaired) electrons. The van der Waals surface area contributed by atoms with Gasteiger partial charge >= 0.3 is 5.97 Å². The smallest absolute Gasteiger partial charge is 0.311 e. The van der Waals surface area contributed by atoms with Crippen LogP contribution in [0.15, 0.2) is 18.3 Å². The molecule has 1 aromatic heterocycles. The monoisotopic (exact) mass is 199 g/mol. The van der Waals surface area contributed by atoms with Gasteiger partial charge in [-0.15, -0.1) is 0 Å². The zero-order chi connectivity index (χ0) is 9.68. The van der Waals surface area contributed by atoms with Gasteiger partial charge in [0.1, 0.15) is 10.9 Å². The average Bonchev–Trinajstić information content (AvgIpc) is 2.04. The normalized spacial score (nSPS) is 9.69. The summed E-state index contributed by atoms with van der Waals surface area (Å²) in [6.45, 7) is 1.92. The van der Waals surface area contributed by atoms with Crippen molar-refractivity contribution in [2.24, 2.45) is 0 Å². The van der Waals surface area contributed by atoms with Gasteiger partial charge in [0.2, 0.25) is 0 Å². The van der Waals surface area contributed by atoms with Gasteiger partial charge in [-0.3, -0.25) is 4.79 Å². The molecule has 0 spiro atoms. The van der Waals surface area contributed by atoms with Crippen LogP contribution in [0.4, 0.5) is 0 Å². The van der Waals surface area contributed by atoms with Crippen molar-refractivity contribution in [3.63, 3.8) is 0 Å². The average molecular weight is 200 g/mol. The van der Waals surface area contributed by atoms with Crippen LogP contribution in [-0.4, -0.2) is 11.0 Å². The number of aromatic nitrogens is 1. The molecular formula is C9H10ClNO2. The Morgan fingerprint density at radius 2 is 2.46 bits per heavy atom. The fraction of sp³-hybridized carbons (Fsp3) is 0.333. The topological polar surface area (TPSA) is 39.2 Å². The molecule has 0 fully saturated rings. The van der Waals surface area contributed by atoms with Crippen LogP contribution in [0.3, 0.4) is 0 Å². The second kappa shape index (κ2) is 4.82. The highest BCUT2D eigenvalue weighted by atomic mass is 35.5. The Bertz CT molecular complexity index is 301. The number of carbonyl (C=O) groups is 1. The van der Waals surface area contributed by atoms with Gasteiger partial charge in [0.05, 0.1) is 0 Å². The number of rotatable bonds is 3. The van der Waals surface area contributed by atoms with Crippen LogP contribution < -0.4 is 4.74 Å². The summed E-state index contributed by atoms with van der Waals surface area (Å²) >= 11 is 5.60. The van der Waals surface area contributed by atoms with Crippen molar-refractivity contribution in [1.82, 2.24) is 4.98 Å². The second-order valence-electron chi connectivity index (χ2n) is 2.54. The Labute approximate surface area is 81.7 Å². The van der Waals surface area contributed by atoms with Crippen molar-refractivity contribution in [2.75, 3.05) is 0 Å². The Balaban J connectivity index is 2.58. The molecule has 0 saturated carbocycles. The largest absolute Gasteiger partial charge is 0.426 e. The SMILES string of the molecule is CCCC(=O)Oc1ccnc(Cl)c1. The molecule has 1 rings (SSSR count). The number of pyridine rings is 1. The van der Waals surface area contributed by atoms with Crippen molar-refractivity contribution < 1.29 is 9.53 Å². The minimum Gasteiger partial charge on any atom is -0.426 e. The number of nitrogens with zero attached hydrogens (tertiary/aromatic N) is 1. The van der Waals surface area contributed by atoms with Crippen LogP contribution in [0, 0.1) is 0 Å². The molecule has 0 unspecified atom stereocenters. The maximum absolute atomic E-state index is 11.0. The number of esters is 1. The lowest BCUT2D eigenvalue weighted by atomic mass is 10.3. The molecule has 70 valence electrons. The van der Waals surface area contributed by atoms with E-state index in [-0.39, 0.29) is 5.97 Å². The first-order valence-electron chi connectivity index (χ1n) is 4.04. The third-order valence-corrected chi connectivity index (χ3v) is 1.59. The Morgan fingerprint density at radius 1 is 1.69 bits per heavy atom. The molecule has 13 heavy (non-hydrogen) atoms. The van der Waals surface area contributed by atoms with Crippen LogP contribution in [0.5, 0.6) is 5.75 Å². The molecule has 0 bridgehead atoms. The molecule has 0 atom stereocenters. The van der Waals surface area contributed by atoms with Crippen molar-refractivity contribution in [3.05, 3.63) is 23.5 Å². The molecule has 0 saturated heterocycles. The summed E-state index contributed by atoms with van der Waals surface area (Å²) in [7, 11) is 0. The molecule has 1 heterocycles. The van der Waals surface area contributed by atoms with E-state index in [9.17, 15) is 4.79 Å².